The first-order valence-corrected chi connectivity index (χ1v) is 9.54. The van der Waals surface area contributed by atoms with Crippen molar-refractivity contribution in [2.24, 2.45) is 0 Å². The number of furan rings is 1. The van der Waals surface area contributed by atoms with E-state index in [1.807, 2.05) is 4.90 Å². The van der Waals surface area contributed by atoms with Crippen molar-refractivity contribution in [3.8, 4) is 0 Å². The van der Waals surface area contributed by atoms with Crippen LogP contribution in [0.4, 0.5) is 0 Å². The Hall–Kier alpha value is -2.56. The van der Waals surface area contributed by atoms with Gasteiger partial charge in [0.1, 0.15) is 0 Å². The fourth-order valence-electron chi connectivity index (χ4n) is 3.44. The highest BCUT2D eigenvalue weighted by atomic mass is 16.3. The number of carbonyl (C=O) groups is 2. The van der Waals surface area contributed by atoms with Gasteiger partial charge in [0.2, 0.25) is 5.91 Å². The van der Waals surface area contributed by atoms with Crippen molar-refractivity contribution in [2.45, 2.75) is 39.0 Å². The van der Waals surface area contributed by atoms with Gasteiger partial charge in [-0.1, -0.05) is 43.7 Å². The second kappa shape index (κ2) is 7.99. The van der Waals surface area contributed by atoms with E-state index in [4.69, 9.17) is 4.42 Å². The molecule has 1 fully saturated rings. The van der Waals surface area contributed by atoms with Crippen molar-refractivity contribution in [2.75, 3.05) is 26.2 Å². The van der Waals surface area contributed by atoms with Crippen molar-refractivity contribution in [3.05, 3.63) is 59.5 Å². The van der Waals surface area contributed by atoms with E-state index in [-0.39, 0.29) is 17.2 Å². The molecular weight excluding hydrogens is 340 g/mol. The fraction of sp³-hybridized carbons (Fsp3) is 0.455. The molecule has 1 aliphatic heterocycles. The zero-order chi connectivity index (χ0) is 19.4. The molecular formula is C22H28N2O3. The fourth-order valence-corrected chi connectivity index (χ4v) is 3.44. The Morgan fingerprint density at radius 3 is 2.22 bits per heavy atom. The van der Waals surface area contributed by atoms with Crippen LogP contribution in [0.25, 0.3) is 0 Å². The maximum Gasteiger partial charge on any atom is 0.289 e. The van der Waals surface area contributed by atoms with Crippen molar-refractivity contribution in [3.63, 3.8) is 0 Å². The smallest absolute Gasteiger partial charge is 0.289 e. The lowest BCUT2D eigenvalue weighted by atomic mass is 9.80. The van der Waals surface area contributed by atoms with Crippen LogP contribution in [0.5, 0.6) is 0 Å². The molecule has 0 radical (unpaired) electrons. The Morgan fingerprint density at radius 1 is 1.00 bits per heavy atom. The molecule has 27 heavy (non-hydrogen) atoms. The molecule has 2 aromatic rings. The van der Waals surface area contributed by atoms with Gasteiger partial charge in [-0.05, 0) is 36.5 Å². The van der Waals surface area contributed by atoms with E-state index in [1.54, 1.807) is 17.0 Å². The van der Waals surface area contributed by atoms with E-state index < -0.39 is 0 Å². The van der Waals surface area contributed by atoms with E-state index in [2.05, 4.69) is 45.0 Å². The summed E-state index contributed by atoms with van der Waals surface area (Å²) in [5.74, 6) is 0.419. The number of carbonyl (C=O) groups excluding carboxylic acids is 2. The zero-order valence-corrected chi connectivity index (χ0v) is 16.4. The summed E-state index contributed by atoms with van der Waals surface area (Å²) in [6.07, 6.45) is 2.83. The van der Waals surface area contributed by atoms with Crippen LogP contribution in [0.15, 0.2) is 47.1 Å². The second-order valence-corrected chi connectivity index (χ2v) is 7.90. The van der Waals surface area contributed by atoms with E-state index in [0.717, 1.165) is 6.42 Å². The molecule has 3 rings (SSSR count). The first kappa shape index (κ1) is 19.2. The minimum Gasteiger partial charge on any atom is -0.459 e. The highest BCUT2D eigenvalue weighted by Gasteiger charge is 2.28. The maximum absolute atomic E-state index is 12.6. The summed E-state index contributed by atoms with van der Waals surface area (Å²) in [6, 6.07) is 11.9. The Kier molecular flexibility index (Phi) is 5.68. The molecule has 1 saturated heterocycles. The van der Waals surface area contributed by atoms with E-state index in [0.29, 0.717) is 38.4 Å². The van der Waals surface area contributed by atoms with Gasteiger partial charge in [0, 0.05) is 32.6 Å². The van der Waals surface area contributed by atoms with Crippen molar-refractivity contribution < 1.29 is 14.0 Å². The molecule has 0 spiro atoms. The van der Waals surface area contributed by atoms with Crippen LogP contribution in [0, 0.1) is 6.92 Å². The molecule has 0 unspecified atom stereocenters. The van der Waals surface area contributed by atoms with Gasteiger partial charge in [0.25, 0.3) is 5.91 Å². The highest BCUT2D eigenvalue weighted by molar-refractivity contribution is 5.91. The molecule has 2 amide bonds. The summed E-state index contributed by atoms with van der Waals surface area (Å²) in [5.41, 5.74) is 2.46. The van der Waals surface area contributed by atoms with Gasteiger partial charge in [-0.15, -0.1) is 0 Å². The van der Waals surface area contributed by atoms with E-state index >= 15 is 0 Å². The number of benzene rings is 1. The Balaban J connectivity index is 1.49. The molecule has 0 saturated carbocycles. The molecule has 144 valence electrons. The number of hydrogen-bond donors (Lipinski definition) is 0. The van der Waals surface area contributed by atoms with Crippen LogP contribution < -0.4 is 0 Å². The zero-order valence-electron chi connectivity index (χ0n) is 16.4. The molecule has 1 aliphatic rings. The molecule has 1 aromatic carbocycles. The number of amides is 2. The third-order valence-corrected chi connectivity index (χ3v) is 5.45. The standard InChI is InChI=1S/C22H28N2O3/c1-17-6-8-18(9-7-17)22(2,3)11-10-20(25)23-12-14-24(15-13-23)21(26)19-5-4-16-27-19/h4-9,16H,10-15H2,1-3H3. The molecule has 1 aromatic heterocycles. The van der Waals surface area contributed by atoms with Crippen LogP contribution in [-0.2, 0) is 10.2 Å². The van der Waals surface area contributed by atoms with Crippen LogP contribution in [0.3, 0.4) is 0 Å². The lowest BCUT2D eigenvalue weighted by Gasteiger charge is -2.35. The average Bonchev–Trinajstić information content (AvgIpc) is 3.21. The largest absolute Gasteiger partial charge is 0.459 e. The normalized spacial score (nSPS) is 15.1. The van der Waals surface area contributed by atoms with Gasteiger partial charge in [-0.3, -0.25) is 9.59 Å². The van der Waals surface area contributed by atoms with Crippen LogP contribution in [0.2, 0.25) is 0 Å². The Labute approximate surface area is 160 Å². The van der Waals surface area contributed by atoms with Gasteiger partial charge >= 0.3 is 0 Å². The molecule has 0 aliphatic carbocycles. The van der Waals surface area contributed by atoms with Crippen LogP contribution in [0.1, 0.15) is 48.4 Å². The van der Waals surface area contributed by atoms with Gasteiger partial charge in [0.15, 0.2) is 5.76 Å². The predicted octanol–water partition coefficient (Wildman–Crippen LogP) is 3.63. The Bertz CT molecular complexity index is 770. The summed E-state index contributed by atoms with van der Waals surface area (Å²) < 4.78 is 5.18. The topological polar surface area (TPSA) is 53.8 Å². The molecule has 2 heterocycles. The summed E-state index contributed by atoms with van der Waals surface area (Å²) in [6.45, 7) is 8.71. The molecule has 0 N–H and O–H groups in total. The van der Waals surface area contributed by atoms with Gasteiger partial charge in [-0.2, -0.15) is 0 Å². The van der Waals surface area contributed by atoms with Crippen molar-refractivity contribution in [1.29, 1.82) is 0 Å². The van der Waals surface area contributed by atoms with Crippen LogP contribution in [-0.4, -0.2) is 47.8 Å². The Morgan fingerprint density at radius 2 is 1.63 bits per heavy atom. The predicted molar refractivity (Wildman–Crippen MR) is 105 cm³/mol. The second-order valence-electron chi connectivity index (χ2n) is 7.90. The maximum atomic E-state index is 12.6. The first-order valence-electron chi connectivity index (χ1n) is 9.54. The lowest BCUT2D eigenvalue weighted by Crippen LogP contribution is -2.50. The number of hydrogen-bond acceptors (Lipinski definition) is 3. The molecule has 5 nitrogen and oxygen atoms in total. The van der Waals surface area contributed by atoms with Crippen LogP contribution >= 0.6 is 0 Å². The van der Waals surface area contributed by atoms with Gasteiger partial charge < -0.3 is 14.2 Å². The summed E-state index contributed by atoms with van der Waals surface area (Å²) in [7, 11) is 0. The monoisotopic (exact) mass is 368 g/mol. The molecule has 0 bridgehead atoms. The van der Waals surface area contributed by atoms with Crippen molar-refractivity contribution >= 4 is 11.8 Å². The summed E-state index contributed by atoms with van der Waals surface area (Å²) >= 11 is 0. The number of piperazine rings is 1. The highest BCUT2D eigenvalue weighted by Crippen LogP contribution is 2.29. The van der Waals surface area contributed by atoms with E-state index in [1.165, 1.54) is 17.4 Å². The summed E-state index contributed by atoms with van der Waals surface area (Å²) in [4.78, 5) is 28.6. The summed E-state index contributed by atoms with van der Waals surface area (Å²) in [5, 5.41) is 0. The third-order valence-electron chi connectivity index (χ3n) is 5.45. The lowest BCUT2D eigenvalue weighted by molar-refractivity contribution is -0.133. The molecule has 0 atom stereocenters. The van der Waals surface area contributed by atoms with Gasteiger partial charge in [-0.25, -0.2) is 0 Å². The average molecular weight is 368 g/mol. The number of rotatable bonds is 5. The van der Waals surface area contributed by atoms with Gasteiger partial charge in [0.05, 0.1) is 6.26 Å². The first-order chi connectivity index (χ1) is 12.9. The quantitative estimate of drug-likeness (QED) is 0.810. The van der Waals surface area contributed by atoms with Crippen molar-refractivity contribution in [1.82, 2.24) is 9.80 Å². The number of nitrogens with zero attached hydrogens (tertiary/aromatic N) is 2. The third kappa shape index (κ3) is 4.59. The molecule has 5 heteroatoms. The number of aryl methyl sites for hydroxylation is 1. The minimum atomic E-state index is -0.104. The van der Waals surface area contributed by atoms with E-state index in [9.17, 15) is 9.59 Å². The SMILES string of the molecule is Cc1ccc(C(C)(C)CCC(=O)N2CCN(C(=O)c3ccco3)CC2)cc1. The minimum absolute atomic E-state index is 0.0412.